The van der Waals surface area contributed by atoms with E-state index in [0.29, 0.717) is 28.8 Å². The fourth-order valence-corrected chi connectivity index (χ4v) is 3.47. The van der Waals surface area contributed by atoms with Crippen LogP contribution in [0.5, 0.6) is 0 Å². The third-order valence-corrected chi connectivity index (χ3v) is 4.87. The predicted octanol–water partition coefficient (Wildman–Crippen LogP) is 3.89. The highest BCUT2D eigenvalue weighted by Crippen LogP contribution is 2.28. The SMILES string of the molecule is Cc1cc(F)ccc1-c1ccc(C(=O)N2CC[C@H](N)C[C@H]2C)cc1F. The van der Waals surface area contributed by atoms with Crippen molar-refractivity contribution in [3.63, 3.8) is 0 Å². The van der Waals surface area contributed by atoms with Gasteiger partial charge in [-0.3, -0.25) is 4.79 Å². The summed E-state index contributed by atoms with van der Waals surface area (Å²) in [5.74, 6) is -1.02. The second-order valence-corrected chi connectivity index (χ2v) is 6.79. The summed E-state index contributed by atoms with van der Waals surface area (Å²) >= 11 is 0. The van der Waals surface area contributed by atoms with Gasteiger partial charge in [0.05, 0.1) is 0 Å². The Labute approximate surface area is 146 Å². The molecule has 2 N–H and O–H groups in total. The zero-order valence-corrected chi connectivity index (χ0v) is 14.4. The van der Waals surface area contributed by atoms with Crippen molar-refractivity contribution in [3.05, 3.63) is 59.2 Å². The van der Waals surface area contributed by atoms with Crippen molar-refractivity contribution < 1.29 is 13.6 Å². The first-order valence-electron chi connectivity index (χ1n) is 8.49. The molecule has 1 heterocycles. The van der Waals surface area contributed by atoms with Gasteiger partial charge in [0.15, 0.2) is 0 Å². The van der Waals surface area contributed by atoms with Gasteiger partial charge in [-0.25, -0.2) is 8.78 Å². The van der Waals surface area contributed by atoms with Gasteiger partial charge in [-0.2, -0.15) is 0 Å². The zero-order chi connectivity index (χ0) is 18.1. The Kier molecular flexibility index (Phi) is 4.86. The minimum atomic E-state index is -0.484. The van der Waals surface area contributed by atoms with Crippen LogP contribution in [0, 0.1) is 18.6 Å². The number of carbonyl (C=O) groups is 1. The van der Waals surface area contributed by atoms with E-state index in [1.165, 1.54) is 18.2 Å². The van der Waals surface area contributed by atoms with Crippen LogP contribution in [-0.2, 0) is 0 Å². The first kappa shape index (κ1) is 17.5. The van der Waals surface area contributed by atoms with Crippen LogP contribution in [0.15, 0.2) is 36.4 Å². The summed E-state index contributed by atoms with van der Waals surface area (Å²) in [4.78, 5) is 14.4. The molecule has 0 radical (unpaired) electrons. The molecule has 1 saturated heterocycles. The van der Waals surface area contributed by atoms with Crippen molar-refractivity contribution in [2.45, 2.75) is 38.8 Å². The van der Waals surface area contributed by atoms with E-state index in [0.717, 1.165) is 12.8 Å². The van der Waals surface area contributed by atoms with Crippen LogP contribution in [0.1, 0.15) is 35.7 Å². The molecule has 132 valence electrons. The van der Waals surface area contributed by atoms with Crippen molar-refractivity contribution in [2.75, 3.05) is 6.54 Å². The first-order chi connectivity index (χ1) is 11.9. The number of aryl methyl sites for hydroxylation is 1. The van der Waals surface area contributed by atoms with Gasteiger partial charge in [0, 0.05) is 29.8 Å². The van der Waals surface area contributed by atoms with E-state index < -0.39 is 5.82 Å². The molecule has 2 aromatic rings. The maximum atomic E-state index is 14.6. The van der Waals surface area contributed by atoms with Crippen molar-refractivity contribution >= 4 is 5.91 Å². The van der Waals surface area contributed by atoms with Gasteiger partial charge in [-0.15, -0.1) is 0 Å². The Morgan fingerprint density at radius 2 is 1.88 bits per heavy atom. The average Bonchev–Trinajstić information content (AvgIpc) is 2.55. The summed E-state index contributed by atoms with van der Waals surface area (Å²) < 4.78 is 27.9. The fourth-order valence-electron chi connectivity index (χ4n) is 3.47. The number of hydrogen-bond donors (Lipinski definition) is 1. The number of benzene rings is 2. The number of likely N-dealkylation sites (tertiary alicyclic amines) is 1. The van der Waals surface area contributed by atoms with E-state index in [2.05, 4.69) is 0 Å². The largest absolute Gasteiger partial charge is 0.336 e. The third kappa shape index (κ3) is 3.56. The van der Waals surface area contributed by atoms with Gasteiger partial charge < -0.3 is 10.6 Å². The number of carbonyl (C=O) groups excluding carboxylic acids is 1. The molecule has 0 unspecified atom stereocenters. The molecule has 3 nitrogen and oxygen atoms in total. The Hall–Kier alpha value is -2.27. The molecule has 1 aliphatic heterocycles. The molecule has 0 aliphatic carbocycles. The number of piperidine rings is 1. The Morgan fingerprint density at radius 3 is 2.52 bits per heavy atom. The second kappa shape index (κ2) is 6.92. The molecule has 0 bridgehead atoms. The van der Waals surface area contributed by atoms with E-state index >= 15 is 0 Å². The lowest BCUT2D eigenvalue weighted by Crippen LogP contribution is -2.48. The molecule has 0 spiro atoms. The lowest BCUT2D eigenvalue weighted by atomic mass is 9.96. The minimum Gasteiger partial charge on any atom is -0.336 e. The average molecular weight is 344 g/mol. The third-order valence-electron chi connectivity index (χ3n) is 4.87. The molecule has 3 rings (SSSR count). The zero-order valence-electron chi connectivity index (χ0n) is 14.4. The van der Waals surface area contributed by atoms with E-state index in [1.807, 2.05) is 6.92 Å². The van der Waals surface area contributed by atoms with Crippen molar-refractivity contribution in [2.24, 2.45) is 5.73 Å². The number of nitrogens with two attached hydrogens (primary N) is 1. The minimum absolute atomic E-state index is 0.0401. The van der Waals surface area contributed by atoms with Crippen LogP contribution < -0.4 is 5.73 Å². The monoisotopic (exact) mass is 344 g/mol. The molecule has 1 amide bonds. The Bertz CT molecular complexity index is 806. The van der Waals surface area contributed by atoms with Crippen LogP contribution in [0.4, 0.5) is 8.78 Å². The lowest BCUT2D eigenvalue weighted by Gasteiger charge is -2.36. The van der Waals surface area contributed by atoms with Gasteiger partial charge in [-0.05, 0) is 62.1 Å². The Morgan fingerprint density at radius 1 is 1.16 bits per heavy atom. The van der Waals surface area contributed by atoms with Gasteiger partial charge in [0.25, 0.3) is 5.91 Å². The highest BCUT2D eigenvalue weighted by molar-refractivity contribution is 5.95. The summed E-state index contributed by atoms with van der Waals surface area (Å²) in [5.41, 5.74) is 7.89. The molecule has 0 saturated carbocycles. The van der Waals surface area contributed by atoms with Gasteiger partial charge in [0.1, 0.15) is 11.6 Å². The van der Waals surface area contributed by atoms with E-state index in [9.17, 15) is 13.6 Å². The van der Waals surface area contributed by atoms with Gasteiger partial charge in [0.2, 0.25) is 0 Å². The highest BCUT2D eigenvalue weighted by atomic mass is 19.1. The molecule has 0 aromatic heterocycles. The van der Waals surface area contributed by atoms with Crippen LogP contribution in [-0.4, -0.2) is 29.4 Å². The summed E-state index contributed by atoms with van der Waals surface area (Å²) in [6, 6.07) is 8.86. The molecular weight excluding hydrogens is 322 g/mol. The number of amides is 1. The smallest absolute Gasteiger partial charge is 0.254 e. The lowest BCUT2D eigenvalue weighted by molar-refractivity contribution is 0.0618. The summed E-state index contributed by atoms with van der Waals surface area (Å²) in [5, 5.41) is 0. The molecule has 1 fully saturated rings. The number of halogens is 2. The maximum absolute atomic E-state index is 14.6. The van der Waals surface area contributed by atoms with E-state index in [4.69, 9.17) is 5.73 Å². The van der Waals surface area contributed by atoms with Gasteiger partial charge >= 0.3 is 0 Å². The molecule has 2 atom stereocenters. The van der Waals surface area contributed by atoms with Crippen LogP contribution in [0.2, 0.25) is 0 Å². The molecular formula is C20H22F2N2O. The number of hydrogen-bond acceptors (Lipinski definition) is 2. The molecule has 1 aliphatic rings. The second-order valence-electron chi connectivity index (χ2n) is 6.79. The van der Waals surface area contributed by atoms with Crippen molar-refractivity contribution in [1.29, 1.82) is 0 Å². The molecule has 2 aromatic carbocycles. The van der Waals surface area contributed by atoms with Crippen LogP contribution in [0.3, 0.4) is 0 Å². The summed E-state index contributed by atoms with van der Waals surface area (Å²) in [7, 11) is 0. The quantitative estimate of drug-likeness (QED) is 0.898. The molecule has 5 heteroatoms. The predicted molar refractivity (Wildman–Crippen MR) is 94.2 cm³/mol. The van der Waals surface area contributed by atoms with Crippen molar-refractivity contribution in [1.82, 2.24) is 4.90 Å². The Balaban J connectivity index is 1.88. The normalized spacial score (nSPS) is 20.6. The summed E-state index contributed by atoms with van der Waals surface area (Å²) in [6.07, 6.45) is 1.51. The maximum Gasteiger partial charge on any atom is 0.254 e. The number of nitrogens with zero attached hydrogens (tertiary/aromatic N) is 1. The van der Waals surface area contributed by atoms with Crippen LogP contribution in [0.25, 0.3) is 11.1 Å². The fraction of sp³-hybridized carbons (Fsp3) is 0.350. The highest BCUT2D eigenvalue weighted by Gasteiger charge is 2.28. The molecule has 25 heavy (non-hydrogen) atoms. The standard InChI is InChI=1S/C20H22F2N2O/c1-12-9-15(21)4-6-17(12)18-5-3-14(11-19(18)22)20(25)24-8-7-16(23)10-13(24)2/h3-6,9,11,13,16H,7-8,10,23H2,1-2H3/t13-,16+/m1/s1. The van der Waals surface area contributed by atoms with E-state index in [-0.39, 0.29) is 23.8 Å². The van der Waals surface area contributed by atoms with Crippen LogP contribution >= 0.6 is 0 Å². The first-order valence-corrected chi connectivity index (χ1v) is 8.49. The van der Waals surface area contributed by atoms with Crippen molar-refractivity contribution in [3.8, 4) is 11.1 Å². The van der Waals surface area contributed by atoms with E-state index in [1.54, 1.807) is 30.0 Å². The number of rotatable bonds is 2. The van der Waals surface area contributed by atoms with Gasteiger partial charge in [-0.1, -0.05) is 12.1 Å². The summed E-state index contributed by atoms with van der Waals surface area (Å²) in [6.45, 7) is 4.28. The topological polar surface area (TPSA) is 46.3 Å².